The standard InChI is InChI=1S/C23H24N2O5S2/c26-22(24-19-4-1-5-20(15-19)30-16-21-6-2-12-29-21)14-17-8-10-18(11-9-17)25-32(27,28)23-7-3-13-31-23/h1,3-5,7-11,13,15,21,25H,2,6,12,14,16H2,(H,24,26). The number of carbonyl (C=O) groups excluding carboxylic acids is 1. The van der Waals surface area contributed by atoms with Crippen molar-refractivity contribution in [2.45, 2.75) is 29.6 Å². The fraction of sp³-hybridized carbons (Fsp3) is 0.261. The van der Waals surface area contributed by atoms with Gasteiger partial charge in [0.05, 0.1) is 12.5 Å². The van der Waals surface area contributed by atoms with E-state index in [2.05, 4.69) is 10.0 Å². The summed E-state index contributed by atoms with van der Waals surface area (Å²) in [5.41, 5.74) is 1.87. The van der Waals surface area contributed by atoms with Gasteiger partial charge >= 0.3 is 0 Å². The highest BCUT2D eigenvalue weighted by Gasteiger charge is 2.17. The molecule has 2 N–H and O–H groups in total. The maximum atomic E-state index is 12.4. The van der Waals surface area contributed by atoms with Gasteiger partial charge in [0.15, 0.2) is 0 Å². The first-order valence-electron chi connectivity index (χ1n) is 10.3. The summed E-state index contributed by atoms with van der Waals surface area (Å²) in [7, 11) is -3.59. The van der Waals surface area contributed by atoms with Gasteiger partial charge in [-0.3, -0.25) is 9.52 Å². The molecule has 2 heterocycles. The fourth-order valence-electron chi connectivity index (χ4n) is 3.33. The number of rotatable bonds is 9. The molecule has 168 valence electrons. The number of sulfonamides is 1. The Balaban J connectivity index is 1.30. The number of carbonyl (C=O) groups is 1. The molecule has 0 radical (unpaired) electrons. The molecule has 7 nitrogen and oxygen atoms in total. The molecule has 0 spiro atoms. The number of nitrogens with one attached hydrogen (secondary N) is 2. The second-order valence-electron chi connectivity index (χ2n) is 7.43. The summed E-state index contributed by atoms with van der Waals surface area (Å²) >= 11 is 1.15. The van der Waals surface area contributed by atoms with Gasteiger partial charge in [0.2, 0.25) is 5.91 Å². The Morgan fingerprint density at radius 2 is 1.94 bits per heavy atom. The summed E-state index contributed by atoms with van der Waals surface area (Å²) in [5.74, 6) is 0.508. The minimum Gasteiger partial charge on any atom is -0.491 e. The van der Waals surface area contributed by atoms with E-state index in [-0.39, 0.29) is 22.6 Å². The van der Waals surface area contributed by atoms with Crippen LogP contribution in [0.25, 0.3) is 0 Å². The second-order valence-corrected chi connectivity index (χ2v) is 10.3. The number of hydrogen-bond donors (Lipinski definition) is 2. The largest absolute Gasteiger partial charge is 0.491 e. The highest BCUT2D eigenvalue weighted by molar-refractivity contribution is 7.94. The van der Waals surface area contributed by atoms with Crippen molar-refractivity contribution in [1.82, 2.24) is 0 Å². The van der Waals surface area contributed by atoms with Gasteiger partial charge in [-0.1, -0.05) is 24.3 Å². The summed E-state index contributed by atoms with van der Waals surface area (Å²) < 4.78 is 38.7. The highest BCUT2D eigenvalue weighted by atomic mass is 32.2. The first kappa shape index (κ1) is 22.3. The molecule has 1 fully saturated rings. The quantitative estimate of drug-likeness (QED) is 0.485. The smallest absolute Gasteiger partial charge is 0.271 e. The zero-order valence-electron chi connectivity index (χ0n) is 17.3. The van der Waals surface area contributed by atoms with Crippen LogP contribution in [0, 0.1) is 0 Å². The molecule has 1 aliphatic rings. The molecule has 0 aliphatic carbocycles. The van der Waals surface area contributed by atoms with Gasteiger partial charge in [0.1, 0.15) is 16.6 Å². The van der Waals surface area contributed by atoms with Gasteiger partial charge in [0.25, 0.3) is 10.0 Å². The zero-order chi connectivity index (χ0) is 22.4. The first-order valence-corrected chi connectivity index (χ1v) is 12.6. The minimum atomic E-state index is -3.59. The van der Waals surface area contributed by atoms with Crippen LogP contribution in [0.3, 0.4) is 0 Å². The lowest BCUT2D eigenvalue weighted by atomic mass is 10.1. The zero-order valence-corrected chi connectivity index (χ0v) is 19.0. The van der Waals surface area contributed by atoms with E-state index in [1.165, 1.54) is 0 Å². The van der Waals surface area contributed by atoms with Crippen LogP contribution in [-0.2, 0) is 26.0 Å². The van der Waals surface area contributed by atoms with Gasteiger partial charge < -0.3 is 14.8 Å². The van der Waals surface area contributed by atoms with Gasteiger partial charge in [0, 0.05) is 24.0 Å². The van der Waals surface area contributed by atoms with Gasteiger partial charge in [-0.2, -0.15) is 0 Å². The third-order valence-electron chi connectivity index (χ3n) is 4.91. The van der Waals surface area contributed by atoms with E-state index < -0.39 is 10.0 Å². The van der Waals surface area contributed by atoms with Crippen LogP contribution in [0.4, 0.5) is 11.4 Å². The van der Waals surface area contributed by atoms with E-state index in [1.54, 1.807) is 53.9 Å². The molecule has 2 aromatic carbocycles. The predicted octanol–water partition coefficient (Wildman–Crippen LogP) is 4.29. The Morgan fingerprint density at radius 3 is 2.66 bits per heavy atom. The van der Waals surface area contributed by atoms with Crippen molar-refractivity contribution in [3.63, 3.8) is 0 Å². The molecule has 0 saturated carbocycles. The topological polar surface area (TPSA) is 93.7 Å². The second kappa shape index (κ2) is 10.2. The predicted molar refractivity (Wildman–Crippen MR) is 125 cm³/mol. The van der Waals surface area contributed by atoms with Crippen LogP contribution in [0.15, 0.2) is 70.3 Å². The van der Waals surface area contributed by atoms with Crippen molar-refractivity contribution in [3.8, 4) is 5.75 Å². The Kier molecular flexibility index (Phi) is 7.09. The van der Waals surface area contributed by atoms with Crippen LogP contribution >= 0.6 is 11.3 Å². The molecule has 4 rings (SSSR count). The van der Waals surface area contributed by atoms with Crippen LogP contribution in [0.1, 0.15) is 18.4 Å². The molecular formula is C23H24N2O5S2. The third-order valence-corrected chi connectivity index (χ3v) is 7.69. The van der Waals surface area contributed by atoms with Crippen molar-refractivity contribution in [2.75, 3.05) is 23.3 Å². The SMILES string of the molecule is O=C(Cc1ccc(NS(=O)(=O)c2cccs2)cc1)Nc1cccc(OCC2CCCO2)c1. The Morgan fingerprint density at radius 1 is 1.09 bits per heavy atom. The van der Waals surface area contributed by atoms with E-state index in [4.69, 9.17) is 9.47 Å². The molecule has 1 aliphatic heterocycles. The molecule has 32 heavy (non-hydrogen) atoms. The van der Waals surface area contributed by atoms with Gasteiger partial charge in [-0.25, -0.2) is 8.42 Å². The van der Waals surface area contributed by atoms with Crippen molar-refractivity contribution in [3.05, 3.63) is 71.6 Å². The van der Waals surface area contributed by atoms with Crippen molar-refractivity contribution in [1.29, 1.82) is 0 Å². The summed E-state index contributed by atoms with van der Waals surface area (Å²) in [6.07, 6.45) is 2.36. The van der Waals surface area contributed by atoms with Crippen molar-refractivity contribution >= 4 is 38.6 Å². The van der Waals surface area contributed by atoms with Crippen molar-refractivity contribution in [2.24, 2.45) is 0 Å². The molecule has 3 aromatic rings. The Hall–Kier alpha value is -2.88. The van der Waals surface area contributed by atoms with Gasteiger partial charge in [-0.05, 0) is 54.1 Å². The normalized spacial score (nSPS) is 15.9. The molecule has 0 bridgehead atoms. The number of amides is 1. The van der Waals surface area contributed by atoms with Crippen molar-refractivity contribution < 1.29 is 22.7 Å². The molecule has 1 aromatic heterocycles. The molecule has 9 heteroatoms. The van der Waals surface area contributed by atoms with Crippen LogP contribution in [-0.4, -0.2) is 33.6 Å². The molecule has 1 unspecified atom stereocenters. The average Bonchev–Trinajstić information content (AvgIpc) is 3.48. The summed E-state index contributed by atoms with van der Waals surface area (Å²) in [6, 6.07) is 17.3. The Labute approximate surface area is 191 Å². The Bertz CT molecular complexity index is 1140. The van der Waals surface area contributed by atoms with E-state index in [0.717, 1.165) is 36.3 Å². The number of anilines is 2. The minimum absolute atomic E-state index is 0.131. The lowest BCUT2D eigenvalue weighted by Gasteiger charge is -2.12. The lowest BCUT2D eigenvalue weighted by molar-refractivity contribution is -0.115. The summed E-state index contributed by atoms with van der Waals surface area (Å²) in [5, 5.41) is 4.58. The van der Waals surface area contributed by atoms with E-state index >= 15 is 0 Å². The van der Waals surface area contributed by atoms with E-state index in [0.29, 0.717) is 23.7 Å². The maximum Gasteiger partial charge on any atom is 0.271 e. The average molecular weight is 473 g/mol. The fourth-order valence-corrected chi connectivity index (χ4v) is 5.38. The van der Waals surface area contributed by atoms with Crippen LogP contribution in [0.2, 0.25) is 0 Å². The van der Waals surface area contributed by atoms with E-state index in [9.17, 15) is 13.2 Å². The number of benzene rings is 2. The molecule has 1 saturated heterocycles. The maximum absolute atomic E-state index is 12.4. The summed E-state index contributed by atoms with van der Waals surface area (Å²) in [6.45, 7) is 1.28. The number of hydrogen-bond acceptors (Lipinski definition) is 6. The summed E-state index contributed by atoms with van der Waals surface area (Å²) in [4.78, 5) is 12.4. The number of ether oxygens (including phenoxy) is 2. The van der Waals surface area contributed by atoms with E-state index in [1.807, 2.05) is 12.1 Å². The monoisotopic (exact) mass is 472 g/mol. The lowest BCUT2D eigenvalue weighted by Crippen LogP contribution is -2.17. The third kappa shape index (κ3) is 6.09. The first-order chi connectivity index (χ1) is 15.5. The van der Waals surface area contributed by atoms with Crippen LogP contribution < -0.4 is 14.8 Å². The van der Waals surface area contributed by atoms with Crippen LogP contribution in [0.5, 0.6) is 5.75 Å². The number of thiophene rings is 1. The van der Waals surface area contributed by atoms with Gasteiger partial charge in [-0.15, -0.1) is 11.3 Å². The molecule has 1 atom stereocenters. The molecule has 1 amide bonds. The highest BCUT2D eigenvalue weighted by Crippen LogP contribution is 2.22. The molecular weight excluding hydrogens is 448 g/mol.